The molecular formula is C17H15FOS. The van der Waals surface area contributed by atoms with E-state index < -0.39 is 16.0 Å². The van der Waals surface area contributed by atoms with Gasteiger partial charge in [-0.05, 0) is 30.7 Å². The van der Waals surface area contributed by atoms with Gasteiger partial charge in [0.15, 0.2) is 5.16 Å². The number of halogens is 1. The summed E-state index contributed by atoms with van der Waals surface area (Å²) in [7, 11) is -1.75. The molecule has 0 aromatic heterocycles. The smallest absolute Gasteiger partial charge is 0.191 e. The molecule has 0 amide bonds. The molecule has 2 aromatic rings. The van der Waals surface area contributed by atoms with Crippen LogP contribution in [0.5, 0.6) is 0 Å². The number of aryl methyl sites for hydroxylation is 1. The third-order valence-electron chi connectivity index (χ3n) is 2.73. The number of hydrogen-bond donors (Lipinski definition) is 0. The average Bonchev–Trinajstić information content (AvgIpc) is 2.48. The van der Waals surface area contributed by atoms with E-state index >= 15 is 0 Å². The molecule has 0 N–H and O–H groups in total. The first-order valence-electron chi connectivity index (χ1n) is 6.24. The van der Waals surface area contributed by atoms with Crippen LogP contribution in [-0.4, -0.2) is 4.21 Å². The van der Waals surface area contributed by atoms with Gasteiger partial charge in [0.05, 0.1) is 0 Å². The van der Waals surface area contributed by atoms with Gasteiger partial charge >= 0.3 is 0 Å². The van der Waals surface area contributed by atoms with E-state index in [0.29, 0.717) is 4.90 Å². The number of hydrogen-bond acceptors (Lipinski definition) is 1. The zero-order chi connectivity index (χ0) is 14.4. The first-order valence-corrected chi connectivity index (χ1v) is 7.39. The van der Waals surface area contributed by atoms with E-state index in [9.17, 15) is 8.60 Å². The van der Waals surface area contributed by atoms with E-state index in [1.54, 1.807) is 24.3 Å². The van der Waals surface area contributed by atoms with Crippen LogP contribution in [0.1, 0.15) is 11.1 Å². The van der Waals surface area contributed by atoms with Crippen molar-refractivity contribution in [2.24, 2.45) is 0 Å². The Hall–Kier alpha value is -2.00. The minimum Gasteiger partial charge on any atom is -0.247 e. The summed E-state index contributed by atoms with van der Waals surface area (Å²) < 4.78 is 25.7. The maximum atomic E-state index is 13.8. The predicted octanol–water partition coefficient (Wildman–Crippen LogP) is 4.63. The Kier molecular flexibility index (Phi) is 5.02. The third-order valence-corrected chi connectivity index (χ3v) is 3.92. The average molecular weight is 286 g/mol. The fraction of sp³-hybridized carbons (Fsp3) is 0.0588. The summed E-state index contributed by atoms with van der Waals surface area (Å²) in [5.74, 6) is 0. The molecule has 0 aliphatic rings. The lowest BCUT2D eigenvalue weighted by Gasteiger charge is -1.99. The number of benzene rings is 2. The van der Waals surface area contributed by atoms with Crippen molar-refractivity contribution in [1.29, 1.82) is 0 Å². The van der Waals surface area contributed by atoms with Gasteiger partial charge in [-0.3, -0.25) is 0 Å². The standard InChI is InChI=1S/C17H15FOS/c1-14-10-12-16(13-11-14)20(19)17(18)9-5-8-15-6-3-2-4-7-15/h2-13H,1H3/b8-5+,17-9+. The molecule has 0 spiro atoms. The third kappa shape index (κ3) is 4.00. The van der Waals surface area contributed by atoms with Crippen molar-refractivity contribution < 1.29 is 8.60 Å². The van der Waals surface area contributed by atoms with Crippen molar-refractivity contribution >= 4 is 16.9 Å². The van der Waals surface area contributed by atoms with Crippen LogP contribution in [0.2, 0.25) is 0 Å². The van der Waals surface area contributed by atoms with Crippen molar-refractivity contribution in [1.82, 2.24) is 0 Å². The minimum absolute atomic E-state index is 0.470. The Labute approximate surface area is 120 Å². The Morgan fingerprint density at radius 2 is 1.70 bits per heavy atom. The molecule has 2 rings (SSSR count). The van der Waals surface area contributed by atoms with Gasteiger partial charge < -0.3 is 0 Å². The van der Waals surface area contributed by atoms with Crippen molar-refractivity contribution in [3.8, 4) is 0 Å². The molecule has 102 valence electrons. The highest BCUT2D eigenvalue weighted by atomic mass is 32.2. The van der Waals surface area contributed by atoms with Gasteiger partial charge in [0, 0.05) is 4.90 Å². The van der Waals surface area contributed by atoms with Gasteiger partial charge in [-0.1, -0.05) is 60.2 Å². The fourth-order valence-corrected chi connectivity index (χ4v) is 2.45. The van der Waals surface area contributed by atoms with E-state index in [4.69, 9.17) is 0 Å². The highest BCUT2D eigenvalue weighted by molar-refractivity contribution is 7.88. The Balaban J connectivity index is 2.08. The molecule has 1 atom stereocenters. The maximum absolute atomic E-state index is 13.8. The van der Waals surface area contributed by atoms with Crippen molar-refractivity contribution in [3.63, 3.8) is 0 Å². The zero-order valence-electron chi connectivity index (χ0n) is 11.1. The monoisotopic (exact) mass is 286 g/mol. The first-order chi connectivity index (χ1) is 9.66. The number of rotatable bonds is 4. The van der Waals surface area contributed by atoms with Gasteiger partial charge in [0.2, 0.25) is 0 Å². The SMILES string of the molecule is Cc1ccc(S(=O)/C(F)=C/C=C/c2ccccc2)cc1. The fourth-order valence-electron chi connectivity index (χ4n) is 1.64. The van der Waals surface area contributed by atoms with E-state index in [1.807, 2.05) is 49.4 Å². The molecule has 1 nitrogen and oxygen atoms in total. The van der Waals surface area contributed by atoms with Crippen molar-refractivity contribution in [2.45, 2.75) is 11.8 Å². The second-order valence-corrected chi connectivity index (χ2v) is 5.72. The van der Waals surface area contributed by atoms with Crippen LogP contribution < -0.4 is 0 Å². The van der Waals surface area contributed by atoms with Crippen LogP contribution in [0, 0.1) is 6.92 Å². The van der Waals surface area contributed by atoms with E-state index in [1.165, 1.54) is 6.08 Å². The lowest BCUT2D eigenvalue weighted by Crippen LogP contribution is -1.91. The van der Waals surface area contributed by atoms with Gasteiger partial charge in [0.1, 0.15) is 10.8 Å². The summed E-state index contributed by atoms with van der Waals surface area (Å²) in [6.45, 7) is 1.93. The normalized spacial score (nSPS) is 13.6. The molecule has 0 saturated heterocycles. The summed E-state index contributed by atoms with van der Waals surface area (Å²) in [5, 5.41) is -0.652. The summed E-state index contributed by atoms with van der Waals surface area (Å²) in [5.41, 5.74) is 2.02. The molecule has 20 heavy (non-hydrogen) atoms. The Morgan fingerprint density at radius 1 is 1.05 bits per heavy atom. The molecule has 0 aliphatic heterocycles. The summed E-state index contributed by atoms with van der Waals surface area (Å²) >= 11 is 0. The van der Waals surface area contributed by atoms with E-state index in [2.05, 4.69) is 0 Å². The summed E-state index contributed by atoms with van der Waals surface area (Å²) in [4.78, 5) is 0.470. The van der Waals surface area contributed by atoms with E-state index in [0.717, 1.165) is 11.1 Å². The van der Waals surface area contributed by atoms with Gasteiger partial charge in [-0.2, -0.15) is 4.39 Å². The molecule has 0 heterocycles. The Bertz CT molecular complexity index is 642. The first kappa shape index (κ1) is 14.4. The van der Waals surface area contributed by atoms with Crippen molar-refractivity contribution in [2.75, 3.05) is 0 Å². The second-order valence-electron chi connectivity index (χ2n) is 4.32. The molecule has 0 radical (unpaired) electrons. The zero-order valence-corrected chi connectivity index (χ0v) is 11.9. The van der Waals surface area contributed by atoms with Gasteiger partial charge in [0.25, 0.3) is 0 Å². The predicted molar refractivity (Wildman–Crippen MR) is 82.3 cm³/mol. The topological polar surface area (TPSA) is 17.1 Å². The minimum atomic E-state index is -1.75. The lowest BCUT2D eigenvalue weighted by molar-refractivity contribution is 0.650. The van der Waals surface area contributed by atoms with Crippen LogP contribution in [0.4, 0.5) is 4.39 Å². The van der Waals surface area contributed by atoms with Crippen molar-refractivity contribution in [3.05, 3.63) is 83.0 Å². The quantitative estimate of drug-likeness (QED) is 0.749. The van der Waals surface area contributed by atoms with Crippen LogP contribution in [0.25, 0.3) is 6.08 Å². The van der Waals surface area contributed by atoms with E-state index in [-0.39, 0.29) is 0 Å². The highest BCUT2D eigenvalue weighted by Gasteiger charge is 2.08. The largest absolute Gasteiger partial charge is 0.247 e. The molecule has 0 fully saturated rings. The van der Waals surface area contributed by atoms with Gasteiger partial charge in [-0.25, -0.2) is 4.21 Å². The molecule has 3 heteroatoms. The van der Waals surface area contributed by atoms with Crippen LogP contribution in [0.15, 0.2) is 76.8 Å². The van der Waals surface area contributed by atoms with Crippen LogP contribution in [-0.2, 0) is 10.8 Å². The van der Waals surface area contributed by atoms with Gasteiger partial charge in [-0.15, -0.1) is 0 Å². The molecule has 0 saturated carbocycles. The van der Waals surface area contributed by atoms with Crippen LogP contribution >= 0.6 is 0 Å². The lowest BCUT2D eigenvalue weighted by atomic mass is 10.2. The maximum Gasteiger partial charge on any atom is 0.191 e. The number of allylic oxidation sites excluding steroid dienone is 2. The summed E-state index contributed by atoms with van der Waals surface area (Å²) in [6, 6.07) is 16.6. The second kappa shape index (κ2) is 6.96. The molecular weight excluding hydrogens is 271 g/mol. The molecule has 0 aliphatic carbocycles. The Morgan fingerprint density at radius 3 is 2.35 bits per heavy atom. The van der Waals surface area contributed by atoms with Crippen LogP contribution in [0.3, 0.4) is 0 Å². The summed E-state index contributed by atoms with van der Waals surface area (Å²) in [6.07, 6.45) is 4.58. The molecule has 1 unspecified atom stereocenters. The highest BCUT2D eigenvalue weighted by Crippen LogP contribution is 2.16. The molecule has 0 bridgehead atoms. The molecule has 2 aromatic carbocycles.